The van der Waals surface area contributed by atoms with Gasteiger partial charge in [-0.25, -0.2) is 0 Å². The minimum atomic E-state index is 0.714. The van der Waals surface area contributed by atoms with Gasteiger partial charge in [0.25, 0.3) is 0 Å². The first-order valence-corrected chi connectivity index (χ1v) is 2.97. The van der Waals surface area contributed by atoms with E-state index in [1.807, 2.05) is 11.9 Å². The number of rotatable bonds is 2. The molecule has 0 saturated heterocycles. The predicted molar refractivity (Wildman–Crippen MR) is 34.6 cm³/mol. The Balaban J connectivity index is 3.17. The molecule has 2 heteroatoms. The summed E-state index contributed by atoms with van der Waals surface area (Å²) in [5.74, 6) is 0. The highest BCUT2D eigenvalue weighted by Crippen LogP contribution is 1.95. The van der Waals surface area contributed by atoms with Gasteiger partial charge in [0.1, 0.15) is 0 Å². The van der Waals surface area contributed by atoms with Crippen LogP contribution in [0.25, 0.3) is 0 Å². The lowest BCUT2D eigenvalue weighted by atomic mass is 10.4. The maximum Gasteiger partial charge on any atom is 0.0678 e. The van der Waals surface area contributed by atoms with Crippen molar-refractivity contribution in [3.8, 4) is 0 Å². The third-order valence-electron chi connectivity index (χ3n) is 0.558. The molecule has 1 nitrogen and oxygen atoms in total. The molecule has 0 aromatic rings. The van der Waals surface area contributed by atoms with Gasteiger partial charge in [-0.3, -0.25) is 0 Å². The minimum absolute atomic E-state index is 0.714. The van der Waals surface area contributed by atoms with Crippen molar-refractivity contribution in [3.63, 3.8) is 0 Å². The van der Waals surface area contributed by atoms with Crippen LogP contribution >= 0.6 is 15.9 Å². The van der Waals surface area contributed by atoms with Crippen molar-refractivity contribution < 1.29 is 4.74 Å². The van der Waals surface area contributed by atoms with Crippen LogP contribution in [0.3, 0.4) is 0 Å². The van der Waals surface area contributed by atoms with Crippen molar-refractivity contribution in [2.45, 2.75) is 6.92 Å². The second kappa shape index (κ2) is 4.34. The second-order valence-corrected chi connectivity index (χ2v) is 1.85. The third kappa shape index (κ3) is 4.02. The van der Waals surface area contributed by atoms with Gasteiger partial charge < -0.3 is 4.74 Å². The van der Waals surface area contributed by atoms with Gasteiger partial charge in [0.15, 0.2) is 0 Å². The quantitative estimate of drug-likeness (QED) is 0.607. The molecule has 0 fully saturated rings. The summed E-state index contributed by atoms with van der Waals surface area (Å²) >= 11 is 3.17. The first-order chi connectivity index (χ1) is 3.31. The molecule has 0 unspecified atom stereocenters. The van der Waals surface area contributed by atoms with E-state index in [2.05, 4.69) is 15.9 Å². The van der Waals surface area contributed by atoms with Gasteiger partial charge in [-0.1, -0.05) is 15.9 Å². The molecule has 0 bridgehead atoms. The molecule has 0 spiro atoms. The van der Waals surface area contributed by atoms with E-state index in [0.29, 0.717) is 6.61 Å². The molecular formula is C5H9BrO. The Hall–Kier alpha value is 0.180. The van der Waals surface area contributed by atoms with E-state index in [-0.39, 0.29) is 0 Å². The van der Waals surface area contributed by atoms with Gasteiger partial charge in [0.05, 0.1) is 6.61 Å². The van der Waals surface area contributed by atoms with Crippen LogP contribution < -0.4 is 0 Å². The van der Waals surface area contributed by atoms with Crippen LogP contribution in [0.5, 0.6) is 0 Å². The average molecular weight is 165 g/mol. The lowest BCUT2D eigenvalue weighted by molar-refractivity contribution is 0.226. The molecule has 0 aliphatic rings. The summed E-state index contributed by atoms with van der Waals surface area (Å²) < 4.78 is 4.80. The second-order valence-electron chi connectivity index (χ2n) is 1.39. The Bertz CT molecular complexity index is 68.5. The van der Waals surface area contributed by atoms with E-state index in [4.69, 9.17) is 4.74 Å². The largest absolute Gasteiger partial charge is 0.380 e. The SMILES string of the molecule is COCC(C)=CBr. The van der Waals surface area contributed by atoms with Gasteiger partial charge in [0.2, 0.25) is 0 Å². The number of ether oxygens (including phenoxy) is 1. The van der Waals surface area contributed by atoms with Crippen LogP contribution in [-0.2, 0) is 4.74 Å². The standard InChI is InChI=1S/C5H9BrO/c1-5(3-6)4-7-2/h3H,4H2,1-2H3. The van der Waals surface area contributed by atoms with E-state index in [1.165, 1.54) is 5.57 Å². The van der Waals surface area contributed by atoms with Crippen LogP contribution in [0.1, 0.15) is 6.92 Å². The zero-order chi connectivity index (χ0) is 5.70. The molecule has 0 aromatic heterocycles. The molecule has 0 heterocycles. The van der Waals surface area contributed by atoms with Gasteiger partial charge in [-0.15, -0.1) is 0 Å². The maximum absolute atomic E-state index is 4.80. The van der Waals surface area contributed by atoms with E-state index in [1.54, 1.807) is 7.11 Å². The maximum atomic E-state index is 4.80. The molecule has 0 aliphatic heterocycles. The van der Waals surface area contributed by atoms with E-state index < -0.39 is 0 Å². The zero-order valence-corrected chi connectivity index (χ0v) is 6.16. The number of halogens is 1. The fourth-order valence-corrected chi connectivity index (χ4v) is 0.391. The number of hydrogen-bond donors (Lipinski definition) is 0. The van der Waals surface area contributed by atoms with Crippen LogP contribution in [0.2, 0.25) is 0 Å². The van der Waals surface area contributed by atoms with Crippen molar-refractivity contribution in [1.29, 1.82) is 0 Å². The van der Waals surface area contributed by atoms with Crippen molar-refractivity contribution >= 4 is 15.9 Å². The summed E-state index contributed by atoms with van der Waals surface area (Å²) in [6, 6.07) is 0. The van der Waals surface area contributed by atoms with Crippen molar-refractivity contribution in [3.05, 3.63) is 10.6 Å². The van der Waals surface area contributed by atoms with Gasteiger partial charge in [-0.2, -0.15) is 0 Å². The van der Waals surface area contributed by atoms with E-state index in [9.17, 15) is 0 Å². The van der Waals surface area contributed by atoms with E-state index >= 15 is 0 Å². The molecule has 0 radical (unpaired) electrons. The minimum Gasteiger partial charge on any atom is -0.380 e. The first kappa shape index (κ1) is 7.18. The van der Waals surface area contributed by atoms with Crippen LogP contribution in [0.4, 0.5) is 0 Å². The Morgan fingerprint density at radius 3 is 2.57 bits per heavy atom. The number of hydrogen-bond acceptors (Lipinski definition) is 1. The summed E-state index contributed by atoms with van der Waals surface area (Å²) in [6.45, 7) is 2.71. The molecule has 0 saturated carbocycles. The molecule has 0 rings (SSSR count). The molecule has 0 atom stereocenters. The topological polar surface area (TPSA) is 9.23 Å². The van der Waals surface area contributed by atoms with Gasteiger partial charge in [-0.05, 0) is 17.5 Å². The summed E-state index contributed by atoms with van der Waals surface area (Å²) in [7, 11) is 1.68. The van der Waals surface area contributed by atoms with Crippen LogP contribution in [0.15, 0.2) is 10.6 Å². The molecule has 7 heavy (non-hydrogen) atoms. The highest BCUT2D eigenvalue weighted by molar-refractivity contribution is 9.11. The van der Waals surface area contributed by atoms with Gasteiger partial charge in [0, 0.05) is 7.11 Å². The van der Waals surface area contributed by atoms with Crippen molar-refractivity contribution in [2.24, 2.45) is 0 Å². The summed E-state index contributed by atoms with van der Waals surface area (Å²) in [5, 5.41) is 0. The lowest BCUT2D eigenvalue weighted by Gasteiger charge is -1.92. The molecular weight excluding hydrogens is 156 g/mol. The monoisotopic (exact) mass is 164 g/mol. The third-order valence-corrected chi connectivity index (χ3v) is 1.34. The predicted octanol–water partition coefficient (Wildman–Crippen LogP) is 1.93. The Morgan fingerprint density at radius 1 is 1.86 bits per heavy atom. The fraction of sp³-hybridized carbons (Fsp3) is 0.600. The molecule has 42 valence electrons. The van der Waals surface area contributed by atoms with Crippen LogP contribution in [-0.4, -0.2) is 13.7 Å². The normalized spacial score (nSPS) is 12.1. The first-order valence-electron chi connectivity index (χ1n) is 2.06. The van der Waals surface area contributed by atoms with Crippen molar-refractivity contribution in [1.82, 2.24) is 0 Å². The molecule has 0 aliphatic carbocycles. The molecule has 0 N–H and O–H groups in total. The highest BCUT2D eigenvalue weighted by atomic mass is 79.9. The van der Waals surface area contributed by atoms with Gasteiger partial charge >= 0.3 is 0 Å². The van der Waals surface area contributed by atoms with E-state index in [0.717, 1.165) is 0 Å². The number of methoxy groups -OCH3 is 1. The summed E-state index contributed by atoms with van der Waals surface area (Å²) in [5.41, 5.74) is 1.20. The average Bonchev–Trinajstić information content (AvgIpc) is 1.68. The summed E-state index contributed by atoms with van der Waals surface area (Å²) in [6.07, 6.45) is 0. The highest BCUT2D eigenvalue weighted by Gasteiger charge is 1.80. The molecule has 0 amide bonds. The Kier molecular flexibility index (Phi) is 4.45. The zero-order valence-electron chi connectivity index (χ0n) is 4.57. The lowest BCUT2D eigenvalue weighted by Crippen LogP contribution is -1.86. The Labute approximate surface area is 52.5 Å². The summed E-state index contributed by atoms with van der Waals surface area (Å²) in [4.78, 5) is 1.86. The molecule has 0 aromatic carbocycles. The fourth-order valence-electron chi connectivity index (χ4n) is 0.259. The Morgan fingerprint density at radius 2 is 2.43 bits per heavy atom. The smallest absolute Gasteiger partial charge is 0.0678 e. The van der Waals surface area contributed by atoms with Crippen LogP contribution in [0, 0.1) is 0 Å². The van der Waals surface area contributed by atoms with Crippen molar-refractivity contribution in [2.75, 3.05) is 13.7 Å².